The second kappa shape index (κ2) is 8.33. The largest absolute Gasteiger partial charge is 0.468 e. The van der Waals surface area contributed by atoms with Gasteiger partial charge in [-0.2, -0.15) is 0 Å². The van der Waals surface area contributed by atoms with E-state index in [1.54, 1.807) is 14.2 Å². The van der Waals surface area contributed by atoms with Gasteiger partial charge in [0.15, 0.2) is 0 Å². The van der Waals surface area contributed by atoms with E-state index in [0.717, 1.165) is 16.7 Å². The van der Waals surface area contributed by atoms with Gasteiger partial charge in [-0.25, -0.2) is 0 Å². The Morgan fingerprint density at radius 3 is 2.12 bits per heavy atom. The molecule has 128 valence electrons. The van der Waals surface area contributed by atoms with Crippen LogP contribution in [0.2, 0.25) is 0 Å². The van der Waals surface area contributed by atoms with Gasteiger partial charge in [0.2, 0.25) is 5.79 Å². The van der Waals surface area contributed by atoms with Crippen LogP contribution in [0.1, 0.15) is 21.9 Å². The van der Waals surface area contributed by atoms with Gasteiger partial charge in [0.1, 0.15) is 5.25 Å². The summed E-state index contributed by atoms with van der Waals surface area (Å²) < 4.78 is 16.4. The van der Waals surface area contributed by atoms with E-state index in [1.165, 1.54) is 18.9 Å². The molecule has 4 nitrogen and oxygen atoms in total. The van der Waals surface area contributed by atoms with Gasteiger partial charge >= 0.3 is 5.97 Å². The summed E-state index contributed by atoms with van der Waals surface area (Å²) >= 11 is 1.43. The van der Waals surface area contributed by atoms with E-state index in [-0.39, 0.29) is 5.97 Å². The lowest BCUT2D eigenvalue weighted by Gasteiger charge is -2.32. The monoisotopic (exact) mass is 346 g/mol. The molecule has 0 aliphatic carbocycles. The van der Waals surface area contributed by atoms with Gasteiger partial charge < -0.3 is 14.2 Å². The molecule has 0 aliphatic heterocycles. The minimum absolute atomic E-state index is 0.278. The molecule has 0 bridgehead atoms. The van der Waals surface area contributed by atoms with E-state index < -0.39 is 11.0 Å². The molecule has 0 amide bonds. The van der Waals surface area contributed by atoms with Gasteiger partial charge in [0.25, 0.3) is 0 Å². The molecule has 0 aromatic heterocycles. The van der Waals surface area contributed by atoms with Crippen molar-refractivity contribution >= 4 is 17.7 Å². The van der Waals surface area contributed by atoms with E-state index in [4.69, 9.17) is 14.2 Å². The van der Waals surface area contributed by atoms with Crippen molar-refractivity contribution in [3.05, 3.63) is 71.3 Å². The number of carbonyl (C=O) groups is 1. The van der Waals surface area contributed by atoms with Crippen molar-refractivity contribution in [2.75, 3.05) is 27.6 Å². The second-order valence-electron chi connectivity index (χ2n) is 5.16. The number of hydrogen-bond acceptors (Lipinski definition) is 5. The molecule has 0 saturated carbocycles. The van der Waals surface area contributed by atoms with Crippen LogP contribution in [0.4, 0.5) is 0 Å². The third kappa shape index (κ3) is 3.48. The number of ether oxygens (including phenoxy) is 3. The Hall–Kier alpha value is -1.82. The Kier molecular flexibility index (Phi) is 6.43. The van der Waals surface area contributed by atoms with Crippen LogP contribution < -0.4 is 0 Å². The zero-order chi connectivity index (χ0) is 17.6. The zero-order valence-corrected chi connectivity index (χ0v) is 15.1. The summed E-state index contributed by atoms with van der Waals surface area (Å²) in [6.07, 6.45) is 1.88. The molecular weight excluding hydrogens is 324 g/mol. The molecule has 1 atom stereocenters. The maximum absolute atomic E-state index is 12.0. The Balaban J connectivity index is 2.53. The SMILES string of the molecule is COC(=O)C(SC)c1cccc(C(OC)(OC)c2ccccc2)c1. The lowest BCUT2D eigenvalue weighted by atomic mass is 9.95. The first-order valence-corrected chi connectivity index (χ1v) is 8.78. The summed E-state index contributed by atoms with van der Waals surface area (Å²) in [4.78, 5) is 12.0. The fraction of sp³-hybridized carbons (Fsp3) is 0.316. The lowest BCUT2D eigenvalue weighted by Crippen LogP contribution is -2.32. The Morgan fingerprint density at radius 2 is 1.58 bits per heavy atom. The van der Waals surface area contributed by atoms with Crippen molar-refractivity contribution in [3.63, 3.8) is 0 Å². The van der Waals surface area contributed by atoms with Crippen molar-refractivity contribution in [3.8, 4) is 0 Å². The summed E-state index contributed by atoms with van der Waals surface area (Å²) in [7, 11) is 4.61. The number of hydrogen-bond donors (Lipinski definition) is 0. The third-order valence-electron chi connectivity index (χ3n) is 3.95. The highest BCUT2D eigenvalue weighted by molar-refractivity contribution is 7.99. The van der Waals surface area contributed by atoms with E-state index in [9.17, 15) is 4.79 Å². The summed E-state index contributed by atoms with van der Waals surface area (Å²) in [6.45, 7) is 0. The number of thioether (sulfide) groups is 1. The molecule has 0 heterocycles. The number of benzene rings is 2. The molecule has 1 unspecified atom stereocenters. The molecule has 2 aromatic carbocycles. The van der Waals surface area contributed by atoms with Crippen molar-refractivity contribution < 1.29 is 19.0 Å². The molecule has 2 rings (SSSR count). The first kappa shape index (κ1) is 18.5. The fourth-order valence-electron chi connectivity index (χ4n) is 2.76. The standard InChI is InChI=1S/C19H22O4S/c1-21-18(20)17(24-4)14-9-8-12-16(13-14)19(22-2,23-3)15-10-6-5-7-11-15/h5-13,17H,1-4H3. The van der Waals surface area contributed by atoms with Crippen LogP contribution in [-0.4, -0.2) is 33.6 Å². The highest BCUT2D eigenvalue weighted by atomic mass is 32.2. The summed E-state index contributed by atoms with van der Waals surface area (Å²) in [5, 5.41) is -0.392. The van der Waals surface area contributed by atoms with Crippen molar-refractivity contribution in [2.45, 2.75) is 11.0 Å². The number of carbonyl (C=O) groups excluding carboxylic acids is 1. The van der Waals surface area contributed by atoms with Crippen LogP contribution in [-0.2, 0) is 24.8 Å². The molecule has 2 aromatic rings. The predicted octanol–water partition coefficient (Wildman–Crippen LogP) is 3.76. The molecule has 5 heteroatoms. The Morgan fingerprint density at radius 1 is 0.958 bits per heavy atom. The second-order valence-corrected chi connectivity index (χ2v) is 6.10. The third-order valence-corrected chi connectivity index (χ3v) is 4.89. The van der Waals surface area contributed by atoms with Crippen LogP contribution in [0.3, 0.4) is 0 Å². The molecular formula is C19H22O4S. The predicted molar refractivity (Wildman–Crippen MR) is 96.0 cm³/mol. The quantitative estimate of drug-likeness (QED) is 0.564. The maximum atomic E-state index is 12.0. The molecule has 0 radical (unpaired) electrons. The van der Waals surface area contributed by atoms with Crippen LogP contribution in [0, 0.1) is 0 Å². The normalized spacial score (nSPS) is 12.7. The van der Waals surface area contributed by atoms with Gasteiger partial charge in [-0.1, -0.05) is 48.5 Å². The van der Waals surface area contributed by atoms with Gasteiger partial charge in [0, 0.05) is 25.3 Å². The molecule has 0 N–H and O–H groups in total. The van der Waals surface area contributed by atoms with Crippen molar-refractivity contribution in [1.82, 2.24) is 0 Å². The molecule has 0 spiro atoms. The first-order chi connectivity index (χ1) is 11.6. The Bertz CT molecular complexity index is 668. The minimum atomic E-state index is -1.03. The molecule has 0 fully saturated rings. The van der Waals surface area contributed by atoms with E-state index in [0.29, 0.717) is 0 Å². The maximum Gasteiger partial charge on any atom is 0.323 e. The lowest BCUT2D eigenvalue weighted by molar-refractivity contribution is -0.183. The highest BCUT2D eigenvalue weighted by Crippen LogP contribution is 2.36. The van der Waals surface area contributed by atoms with E-state index >= 15 is 0 Å². The average Bonchev–Trinajstić information content (AvgIpc) is 2.65. The first-order valence-electron chi connectivity index (χ1n) is 7.49. The summed E-state index contributed by atoms with van der Waals surface area (Å²) in [5.41, 5.74) is 2.55. The van der Waals surface area contributed by atoms with Crippen LogP contribution in [0.5, 0.6) is 0 Å². The topological polar surface area (TPSA) is 44.8 Å². The molecule has 0 saturated heterocycles. The Labute approximate surface area is 147 Å². The minimum Gasteiger partial charge on any atom is -0.468 e. The smallest absolute Gasteiger partial charge is 0.323 e. The fourth-order valence-corrected chi connectivity index (χ4v) is 3.47. The average molecular weight is 346 g/mol. The summed E-state index contributed by atoms with van der Waals surface area (Å²) in [6, 6.07) is 17.4. The number of rotatable bonds is 7. The van der Waals surface area contributed by atoms with Crippen molar-refractivity contribution in [1.29, 1.82) is 0 Å². The summed E-state index contributed by atoms with van der Waals surface area (Å²) in [5.74, 6) is -1.31. The van der Waals surface area contributed by atoms with Gasteiger partial charge in [-0.3, -0.25) is 4.79 Å². The van der Waals surface area contributed by atoms with Gasteiger partial charge in [-0.15, -0.1) is 11.8 Å². The van der Waals surface area contributed by atoms with Crippen LogP contribution >= 0.6 is 11.8 Å². The van der Waals surface area contributed by atoms with Gasteiger partial charge in [0.05, 0.1) is 7.11 Å². The number of methoxy groups -OCH3 is 3. The highest BCUT2D eigenvalue weighted by Gasteiger charge is 2.35. The van der Waals surface area contributed by atoms with Crippen molar-refractivity contribution in [2.24, 2.45) is 0 Å². The van der Waals surface area contributed by atoms with E-state index in [1.807, 2.05) is 60.9 Å². The van der Waals surface area contributed by atoms with Crippen LogP contribution in [0.25, 0.3) is 0 Å². The molecule has 0 aliphatic rings. The zero-order valence-electron chi connectivity index (χ0n) is 14.3. The molecule has 24 heavy (non-hydrogen) atoms. The number of esters is 1. The van der Waals surface area contributed by atoms with Gasteiger partial charge in [-0.05, 0) is 17.9 Å². The van der Waals surface area contributed by atoms with E-state index in [2.05, 4.69) is 0 Å². The van der Waals surface area contributed by atoms with Crippen LogP contribution in [0.15, 0.2) is 54.6 Å².